The Kier molecular flexibility index (Phi) is 10.9. The fourth-order valence-corrected chi connectivity index (χ4v) is 2.50. The number of hydrogen-bond donors (Lipinski definition) is 3. The van der Waals surface area contributed by atoms with Gasteiger partial charge in [0.05, 0.1) is 20.2 Å². The number of carbonyl (C=O) groups excluding carboxylic acids is 1. The zero-order chi connectivity index (χ0) is 20.4. The van der Waals surface area contributed by atoms with Crippen molar-refractivity contribution in [3.05, 3.63) is 59.7 Å². The van der Waals surface area contributed by atoms with E-state index in [1.165, 1.54) is 0 Å². The number of primary amides is 1. The number of para-hydroxylation sites is 2. The molecule has 2 aromatic rings. The van der Waals surface area contributed by atoms with Crippen LogP contribution in [0.1, 0.15) is 29.8 Å². The minimum atomic E-state index is -0.436. The average molecular weight is 512 g/mol. The molecule has 2 aromatic carbocycles. The van der Waals surface area contributed by atoms with E-state index in [1.807, 2.05) is 50.2 Å². The third-order valence-corrected chi connectivity index (χ3v) is 3.96. The number of hydrogen-bond acceptors (Lipinski definition) is 4. The molecule has 0 fully saturated rings. The van der Waals surface area contributed by atoms with Crippen LogP contribution in [0.4, 0.5) is 0 Å². The van der Waals surface area contributed by atoms with Gasteiger partial charge in [-0.3, -0.25) is 4.79 Å². The van der Waals surface area contributed by atoms with Crippen molar-refractivity contribution in [3.8, 4) is 11.5 Å². The van der Waals surface area contributed by atoms with E-state index in [-0.39, 0.29) is 30.1 Å². The highest BCUT2D eigenvalue weighted by molar-refractivity contribution is 14.0. The van der Waals surface area contributed by atoms with Gasteiger partial charge in [0.25, 0.3) is 0 Å². The molecule has 1 unspecified atom stereocenters. The van der Waals surface area contributed by atoms with Gasteiger partial charge in [-0.05, 0) is 43.7 Å². The van der Waals surface area contributed by atoms with Crippen LogP contribution >= 0.6 is 24.0 Å². The molecule has 0 radical (unpaired) electrons. The number of ether oxygens (including phenoxy) is 2. The van der Waals surface area contributed by atoms with Gasteiger partial charge < -0.3 is 25.8 Å². The summed E-state index contributed by atoms with van der Waals surface area (Å²) in [4.78, 5) is 15.7. The smallest absolute Gasteiger partial charge is 0.248 e. The second-order valence-electron chi connectivity index (χ2n) is 6.22. The molecule has 7 nitrogen and oxygen atoms in total. The van der Waals surface area contributed by atoms with Gasteiger partial charge in [-0.25, -0.2) is 4.99 Å². The standard InChI is InChI=1S/C21H28N4O3.HI/c1-4-23-21(25-14-16-9-11-17(12-10-16)20(22)26)24-13-15(2)28-19-8-6-5-7-18(19)27-3;/h5-12,15H,4,13-14H2,1-3H3,(H2,22,26)(H2,23,24,25);1H. The molecule has 2 rings (SSSR count). The predicted octanol–water partition coefficient (Wildman–Crippen LogP) is 2.93. The topological polar surface area (TPSA) is 98.0 Å². The summed E-state index contributed by atoms with van der Waals surface area (Å²) in [7, 11) is 1.62. The maximum Gasteiger partial charge on any atom is 0.248 e. The molecule has 8 heteroatoms. The molecule has 0 aliphatic carbocycles. The molecule has 0 aliphatic heterocycles. The number of guanidine groups is 1. The van der Waals surface area contributed by atoms with Crippen molar-refractivity contribution in [2.45, 2.75) is 26.5 Å². The summed E-state index contributed by atoms with van der Waals surface area (Å²) in [6, 6.07) is 14.7. The van der Waals surface area contributed by atoms with E-state index in [2.05, 4.69) is 15.6 Å². The summed E-state index contributed by atoms with van der Waals surface area (Å²) in [5.74, 6) is 1.66. The number of nitrogens with zero attached hydrogens (tertiary/aromatic N) is 1. The number of nitrogens with one attached hydrogen (secondary N) is 2. The predicted molar refractivity (Wildman–Crippen MR) is 126 cm³/mol. The van der Waals surface area contributed by atoms with E-state index in [4.69, 9.17) is 15.2 Å². The van der Waals surface area contributed by atoms with Gasteiger partial charge >= 0.3 is 0 Å². The van der Waals surface area contributed by atoms with Crippen LogP contribution in [-0.4, -0.2) is 38.2 Å². The molecular formula is C21H29IN4O3. The first-order chi connectivity index (χ1) is 13.5. The number of rotatable bonds is 9. The molecule has 1 atom stereocenters. The largest absolute Gasteiger partial charge is 0.493 e. The van der Waals surface area contributed by atoms with Gasteiger partial charge in [0.1, 0.15) is 6.10 Å². The van der Waals surface area contributed by atoms with Gasteiger partial charge in [-0.15, -0.1) is 24.0 Å². The van der Waals surface area contributed by atoms with Crippen LogP contribution in [0.15, 0.2) is 53.5 Å². The molecule has 0 heterocycles. The minimum absolute atomic E-state index is 0. The van der Waals surface area contributed by atoms with Crippen molar-refractivity contribution >= 4 is 35.8 Å². The monoisotopic (exact) mass is 512 g/mol. The zero-order valence-electron chi connectivity index (χ0n) is 17.0. The van der Waals surface area contributed by atoms with Crippen LogP contribution < -0.4 is 25.8 Å². The lowest BCUT2D eigenvalue weighted by Crippen LogP contribution is -2.41. The van der Waals surface area contributed by atoms with Crippen molar-refractivity contribution in [1.82, 2.24) is 10.6 Å². The van der Waals surface area contributed by atoms with Crippen molar-refractivity contribution < 1.29 is 14.3 Å². The van der Waals surface area contributed by atoms with Crippen LogP contribution in [0.2, 0.25) is 0 Å². The molecule has 1 amide bonds. The Hall–Kier alpha value is -2.49. The second kappa shape index (κ2) is 12.9. The lowest BCUT2D eigenvalue weighted by molar-refractivity contribution is 0.100. The van der Waals surface area contributed by atoms with E-state index in [0.29, 0.717) is 36.1 Å². The molecule has 0 spiro atoms. The van der Waals surface area contributed by atoms with Gasteiger partial charge in [0, 0.05) is 12.1 Å². The number of carbonyl (C=O) groups is 1. The first-order valence-electron chi connectivity index (χ1n) is 9.24. The fraction of sp³-hybridized carbons (Fsp3) is 0.333. The van der Waals surface area contributed by atoms with Crippen LogP contribution in [0.5, 0.6) is 11.5 Å². The fourth-order valence-electron chi connectivity index (χ4n) is 2.50. The molecule has 0 saturated carbocycles. The van der Waals surface area contributed by atoms with E-state index in [0.717, 1.165) is 12.1 Å². The first kappa shape index (κ1) is 24.5. The van der Waals surface area contributed by atoms with Crippen molar-refractivity contribution in [1.29, 1.82) is 0 Å². The van der Waals surface area contributed by atoms with Gasteiger partial charge in [0.15, 0.2) is 17.5 Å². The van der Waals surface area contributed by atoms with Gasteiger partial charge in [-0.1, -0.05) is 24.3 Å². The highest BCUT2D eigenvalue weighted by Crippen LogP contribution is 2.26. The van der Waals surface area contributed by atoms with E-state index in [1.54, 1.807) is 19.2 Å². The SMILES string of the molecule is CCNC(=NCc1ccc(C(N)=O)cc1)NCC(C)Oc1ccccc1OC.I. The lowest BCUT2D eigenvalue weighted by Gasteiger charge is -2.19. The highest BCUT2D eigenvalue weighted by Gasteiger charge is 2.09. The van der Waals surface area contributed by atoms with Gasteiger partial charge in [0.2, 0.25) is 5.91 Å². The Morgan fingerprint density at radius 2 is 1.76 bits per heavy atom. The summed E-state index contributed by atoms with van der Waals surface area (Å²) in [6.45, 7) is 5.79. The van der Waals surface area contributed by atoms with Crippen molar-refractivity contribution in [2.24, 2.45) is 10.7 Å². The van der Waals surface area contributed by atoms with Crippen molar-refractivity contribution in [3.63, 3.8) is 0 Å². The number of benzene rings is 2. The van der Waals surface area contributed by atoms with Crippen LogP contribution in [0.3, 0.4) is 0 Å². The zero-order valence-corrected chi connectivity index (χ0v) is 19.3. The normalized spacial score (nSPS) is 11.8. The third-order valence-electron chi connectivity index (χ3n) is 3.96. The van der Waals surface area contributed by atoms with Crippen LogP contribution in [0, 0.1) is 0 Å². The Balaban J connectivity index is 0.00000420. The molecule has 29 heavy (non-hydrogen) atoms. The number of methoxy groups -OCH3 is 1. The minimum Gasteiger partial charge on any atom is -0.493 e. The van der Waals surface area contributed by atoms with Crippen LogP contribution in [-0.2, 0) is 6.54 Å². The molecule has 158 valence electrons. The number of nitrogens with two attached hydrogens (primary N) is 1. The van der Waals surface area contributed by atoms with Crippen LogP contribution in [0.25, 0.3) is 0 Å². The Morgan fingerprint density at radius 1 is 1.10 bits per heavy atom. The summed E-state index contributed by atoms with van der Waals surface area (Å²) in [5, 5.41) is 6.49. The Morgan fingerprint density at radius 3 is 2.34 bits per heavy atom. The molecule has 4 N–H and O–H groups in total. The second-order valence-corrected chi connectivity index (χ2v) is 6.22. The number of halogens is 1. The van der Waals surface area contributed by atoms with E-state index < -0.39 is 5.91 Å². The molecular weight excluding hydrogens is 483 g/mol. The number of amides is 1. The third kappa shape index (κ3) is 8.18. The van der Waals surface area contributed by atoms with E-state index >= 15 is 0 Å². The maximum atomic E-state index is 11.1. The summed E-state index contributed by atoms with van der Waals surface area (Å²) >= 11 is 0. The molecule has 0 bridgehead atoms. The summed E-state index contributed by atoms with van der Waals surface area (Å²) in [5.41, 5.74) is 6.73. The first-order valence-corrected chi connectivity index (χ1v) is 9.24. The Bertz CT molecular complexity index is 797. The summed E-state index contributed by atoms with van der Waals surface area (Å²) < 4.78 is 11.3. The Labute approximate surface area is 189 Å². The highest BCUT2D eigenvalue weighted by atomic mass is 127. The quantitative estimate of drug-likeness (QED) is 0.273. The molecule has 0 aromatic heterocycles. The molecule has 0 aliphatic rings. The van der Waals surface area contributed by atoms with Gasteiger partial charge in [-0.2, -0.15) is 0 Å². The lowest BCUT2D eigenvalue weighted by atomic mass is 10.1. The molecule has 0 saturated heterocycles. The average Bonchev–Trinajstić information content (AvgIpc) is 2.70. The summed E-state index contributed by atoms with van der Waals surface area (Å²) in [6.07, 6.45) is -0.0880. The van der Waals surface area contributed by atoms with Crippen molar-refractivity contribution in [2.75, 3.05) is 20.2 Å². The maximum absolute atomic E-state index is 11.1. The number of aliphatic imine (C=N–C) groups is 1. The van der Waals surface area contributed by atoms with E-state index in [9.17, 15) is 4.79 Å².